The number of anilines is 1. The van der Waals surface area contributed by atoms with Gasteiger partial charge in [0.15, 0.2) is 18.2 Å². The summed E-state index contributed by atoms with van der Waals surface area (Å²) >= 11 is 0. The van der Waals surface area contributed by atoms with Crippen LogP contribution in [-0.4, -0.2) is 22.7 Å². The number of carbonyl (C=O) groups is 1. The smallest absolute Gasteiger partial charge is 0.262 e. The summed E-state index contributed by atoms with van der Waals surface area (Å²) in [7, 11) is 0. The highest BCUT2D eigenvalue weighted by Gasteiger charge is 2.26. The molecule has 1 heterocycles. The lowest BCUT2D eigenvalue weighted by Crippen LogP contribution is -2.26. The van der Waals surface area contributed by atoms with Crippen LogP contribution in [0.15, 0.2) is 30.3 Å². The quantitative estimate of drug-likeness (QED) is 0.693. The van der Waals surface area contributed by atoms with Gasteiger partial charge < -0.3 is 20.3 Å². The van der Waals surface area contributed by atoms with Crippen molar-refractivity contribution in [1.82, 2.24) is 0 Å². The van der Waals surface area contributed by atoms with Crippen molar-refractivity contribution in [1.29, 1.82) is 0 Å². The molecular formula is C21H23F2NO4. The Morgan fingerprint density at radius 1 is 1.21 bits per heavy atom. The van der Waals surface area contributed by atoms with Crippen molar-refractivity contribution in [3.8, 4) is 11.5 Å². The molecule has 0 saturated heterocycles. The third kappa shape index (κ3) is 4.59. The van der Waals surface area contributed by atoms with E-state index in [1.54, 1.807) is 6.07 Å². The van der Waals surface area contributed by atoms with Gasteiger partial charge in [-0.1, -0.05) is 19.9 Å². The number of fused-ring (bicyclic) bond motifs is 1. The van der Waals surface area contributed by atoms with Crippen LogP contribution in [0.25, 0.3) is 0 Å². The summed E-state index contributed by atoms with van der Waals surface area (Å²) in [5.74, 6) is -1.81. The Kier molecular flexibility index (Phi) is 5.56. The normalized spacial score (nSPS) is 14.8. The zero-order chi connectivity index (χ0) is 20.5. The van der Waals surface area contributed by atoms with Crippen LogP contribution in [0.1, 0.15) is 43.9 Å². The maximum Gasteiger partial charge on any atom is 0.262 e. The molecular weight excluding hydrogens is 368 g/mol. The number of rotatable bonds is 6. The highest BCUT2D eigenvalue weighted by Crippen LogP contribution is 2.41. The fourth-order valence-corrected chi connectivity index (χ4v) is 3.43. The average molecular weight is 391 g/mol. The number of benzene rings is 2. The van der Waals surface area contributed by atoms with Crippen LogP contribution in [0, 0.1) is 17.0 Å². The van der Waals surface area contributed by atoms with Gasteiger partial charge >= 0.3 is 0 Å². The van der Waals surface area contributed by atoms with Gasteiger partial charge in [-0.2, -0.15) is 0 Å². The van der Waals surface area contributed by atoms with Crippen molar-refractivity contribution < 1.29 is 28.5 Å². The molecule has 2 aromatic carbocycles. The molecule has 1 amide bonds. The van der Waals surface area contributed by atoms with Crippen molar-refractivity contribution in [3.05, 3.63) is 53.1 Å². The highest BCUT2D eigenvalue weighted by molar-refractivity contribution is 5.96. The van der Waals surface area contributed by atoms with Crippen LogP contribution in [0.2, 0.25) is 0 Å². The van der Waals surface area contributed by atoms with E-state index in [1.807, 2.05) is 13.8 Å². The fraction of sp³-hybridized carbons (Fsp3) is 0.381. The highest BCUT2D eigenvalue weighted by atomic mass is 19.2. The van der Waals surface area contributed by atoms with Crippen molar-refractivity contribution in [3.63, 3.8) is 0 Å². The van der Waals surface area contributed by atoms with Crippen molar-refractivity contribution in [2.45, 2.75) is 39.2 Å². The zero-order valence-electron chi connectivity index (χ0n) is 15.8. The first-order valence-corrected chi connectivity index (χ1v) is 9.06. The number of phenolic OH excluding ortho intramolecular Hbond substituents is 1. The second kappa shape index (κ2) is 7.75. The average Bonchev–Trinajstić information content (AvgIpc) is 2.61. The maximum absolute atomic E-state index is 13.4. The van der Waals surface area contributed by atoms with E-state index < -0.39 is 17.7 Å². The standard InChI is InChI=1S/C21H23F2NO4/c1-21(2,10-12-3-4-15(22)16(23)7-12)6-5-18(26)14-8-13(25)9-17-20(14)28-11-19(27)24-17/h3-4,7-9,18,25-26H,5-6,10-11H2,1-2H3,(H,24,27). The Labute approximate surface area is 162 Å². The molecule has 0 fully saturated rings. The molecule has 150 valence electrons. The number of phenols is 1. The van der Waals surface area contributed by atoms with E-state index >= 15 is 0 Å². The van der Waals surface area contributed by atoms with E-state index in [-0.39, 0.29) is 23.7 Å². The molecule has 7 heteroatoms. The maximum atomic E-state index is 13.4. The van der Waals surface area contributed by atoms with Crippen molar-refractivity contribution in [2.75, 3.05) is 11.9 Å². The van der Waals surface area contributed by atoms with Gasteiger partial charge in [-0.25, -0.2) is 8.78 Å². The lowest BCUT2D eigenvalue weighted by molar-refractivity contribution is -0.118. The van der Waals surface area contributed by atoms with E-state index in [4.69, 9.17) is 4.74 Å². The Morgan fingerprint density at radius 2 is 1.96 bits per heavy atom. The molecule has 1 unspecified atom stereocenters. The lowest BCUT2D eigenvalue weighted by Gasteiger charge is -2.28. The largest absolute Gasteiger partial charge is 0.508 e. The van der Waals surface area contributed by atoms with E-state index in [2.05, 4.69) is 5.32 Å². The van der Waals surface area contributed by atoms with Gasteiger partial charge in [-0.3, -0.25) is 4.79 Å². The van der Waals surface area contributed by atoms with Crippen molar-refractivity contribution in [2.24, 2.45) is 5.41 Å². The van der Waals surface area contributed by atoms with Crippen LogP contribution < -0.4 is 10.1 Å². The van der Waals surface area contributed by atoms with E-state index in [0.717, 1.165) is 6.07 Å². The molecule has 3 rings (SSSR count). The molecule has 0 aliphatic carbocycles. The Bertz CT molecular complexity index is 898. The molecule has 1 aliphatic rings. The zero-order valence-corrected chi connectivity index (χ0v) is 15.8. The molecule has 0 bridgehead atoms. The second-order valence-electron chi connectivity index (χ2n) is 7.89. The van der Waals surface area contributed by atoms with Gasteiger partial charge in [0.05, 0.1) is 11.8 Å². The Hall–Kier alpha value is -2.67. The molecule has 2 aromatic rings. The number of amides is 1. The van der Waals surface area contributed by atoms with E-state index in [9.17, 15) is 23.8 Å². The molecule has 28 heavy (non-hydrogen) atoms. The number of hydrogen-bond donors (Lipinski definition) is 3. The Balaban J connectivity index is 1.70. The predicted octanol–water partition coefficient (Wildman–Crippen LogP) is 4.08. The molecule has 0 saturated carbocycles. The third-order valence-corrected chi connectivity index (χ3v) is 4.84. The summed E-state index contributed by atoms with van der Waals surface area (Å²) in [6, 6.07) is 6.65. The number of nitrogens with one attached hydrogen (secondary N) is 1. The number of ether oxygens (including phenoxy) is 1. The summed E-state index contributed by atoms with van der Waals surface area (Å²) < 4.78 is 32.0. The fourth-order valence-electron chi connectivity index (χ4n) is 3.43. The molecule has 1 aliphatic heterocycles. The topological polar surface area (TPSA) is 78.8 Å². The monoisotopic (exact) mass is 391 g/mol. The summed E-state index contributed by atoms with van der Waals surface area (Å²) in [4.78, 5) is 11.5. The first kappa shape index (κ1) is 20.1. The van der Waals surface area contributed by atoms with Crippen LogP contribution in [0.5, 0.6) is 11.5 Å². The molecule has 0 spiro atoms. The molecule has 0 aromatic heterocycles. The number of halogens is 2. The van der Waals surface area contributed by atoms with Gasteiger partial charge in [0.2, 0.25) is 0 Å². The first-order chi connectivity index (χ1) is 13.1. The SMILES string of the molecule is CC(C)(CCC(O)c1cc(O)cc2c1OCC(=O)N2)Cc1ccc(F)c(F)c1. The van der Waals surface area contributed by atoms with Crippen molar-refractivity contribution >= 4 is 11.6 Å². The minimum atomic E-state index is -0.917. The van der Waals surface area contributed by atoms with E-state index in [0.29, 0.717) is 41.8 Å². The minimum Gasteiger partial charge on any atom is -0.508 e. The third-order valence-electron chi connectivity index (χ3n) is 4.84. The summed E-state index contributed by atoms with van der Waals surface area (Å²) in [5.41, 5.74) is 1.13. The van der Waals surface area contributed by atoms with Crippen LogP contribution in [0.4, 0.5) is 14.5 Å². The van der Waals surface area contributed by atoms with Gasteiger partial charge in [-0.15, -0.1) is 0 Å². The number of carbonyl (C=O) groups excluding carboxylic acids is 1. The summed E-state index contributed by atoms with van der Waals surface area (Å²) in [6.07, 6.45) is 0.551. The molecule has 5 nitrogen and oxygen atoms in total. The predicted molar refractivity (Wildman–Crippen MR) is 100 cm³/mol. The van der Waals surface area contributed by atoms with Gasteiger partial charge in [-0.05, 0) is 48.4 Å². The lowest BCUT2D eigenvalue weighted by atomic mass is 9.80. The molecule has 3 N–H and O–H groups in total. The molecule has 0 radical (unpaired) electrons. The Morgan fingerprint density at radius 3 is 2.68 bits per heavy atom. The number of aromatic hydroxyl groups is 1. The minimum absolute atomic E-state index is 0.0837. The number of aliphatic hydroxyl groups is 1. The van der Waals surface area contributed by atoms with Gasteiger partial charge in [0, 0.05) is 11.6 Å². The van der Waals surface area contributed by atoms with Crippen LogP contribution in [-0.2, 0) is 11.2 Å². The molecule has 1 atom stereocenters. The van der Waals surface area contributed by atoms with Gasteiger partial charge in [0.25, 0.3) is 5.91 Å². The number of hydrogen-bond acceptors (Lipinski definition) is 4. The summed E-state index contributed by atoms with van der Waals surface area (Å²) in [6.45, 7) is 3.81. The summed E-state index contributed by atoms with van der Waals surface area (Å²) in [5, 5.41) is 23.2. The van der Waals surface area contributed by atoms with Crippen LogP contribution >= 0.6 is 0 Å². The second-order valence-corrected chi connectivity index (χ2v) is 7.89. The van der Waals surface area contributed by atoms with Crippen LogP contribution in [0.3, 0.4) is 0 Å². The first-order valence-electron chi connectivity index (χ1n) is 9.06. The van der Waals surface area contributed by atoms with Gasteiger partial charge in [0.1, 0.15) is 11.5 Å². The van der Waals surface area contributed by atoms with E-state index in [1.165, 1.54) is 18.2 Å². The number of aliphatic hydroxyl groups excluding tert-OH is 1.